The average molecular weight is 1270 g/mol. The van der Waals surface area contributed by atoms with E-state index in [9.17, 15) is 22.0 Å². The highest BCUT2D eigenvalue weighted by Crippen LogP contribution is 2.46. The second-order valence-electron chi connectivity index (χ2n) is 20.6. The lowest BCUT2D eigenvalue weighted by atomic mass is 9.82. The number of alkyl halides is 2. The maximum atomic E-state index is 13.7. The summed E-state index contributed by atoms with van der Waals surface area (Å²) < 4.78 is 87.0. The fourth-order valence-electron chi connectivity index (χ4n) is 11.4. The Labute approximate surface area is 498 Å². The molecule has 436 valence electrons. The average Bonchev–Trinajstić information content (AvgIpc) is 4.38. The van der Waals surface area contributed by atoms with E-state index in [0.717, 1.165) is 80.6 Å². The number of piperidine rings is 2. The predicted octanol–water partition coefficient (Wildman–Crippen LogP) is 13.0. The van der Waals surface area contributed by atoms with Crippen molar-refractivity contribution in [1.29, 1.82) is 0 Å². The Kier molecular flexibility index (Phi) is 19.0. The zero-order valence-electron chi connectivity index (χ0n) is 45.0. The quantitative estimate of drug-likeness (QED) is 0.0786. The van der Waals surface area contributed by atoms with Crippen LogP contribution in [0.3, 0.4) is 0 Å². The van der Waals surface area contributed by atoms with Crippen molar-refractivity contribution in [2.45, 2.75) is 65.5 Å². The van der Waals surface area contributed by atoms with Gasteiger partial charge in [-0.2, -0.15) is 24.7 Å². The number of halogens is 9. The monoisotopic (exact) mass is 1270 g/mol. The number of hydrogen-bond acceptors (Lipinski definition) is 15. The molecule has 4 bridgehead atoms. The number of aromatic nitrogens is 13. The zero-order chi connectivity index (χ0) is 58.3. The van der Waals surface area contributed by atoms with Crippen LogP contribution in [0.4, 0.5) is 33.6 Å². The Bertz CT molecular complexity index is 3470. The summed E-state index contributed by atoms with van der Waals surface area (Å²) in [6.45, 7) is 10.4. The van der Waals surface area contributed by atoms with Crippen molar-refractivity contribution in [3.05, 3.63) is 146 Å². The molecular weight excluding hydrogens is 1210 g/mol. The second kappa shape index (κ2) is 26.7. The first-order chi connectivity index (χ1) is 40.0. The van der Waals surface area contributed by atoms with E-state index in [1.165, 1.54) is 75.6 Å². The van der Waals surface area contributed by atoms with Crippen LogP contribution in [-0.2, 0) is 25.9 Å². The van der Waals surface area contributed by atoms with Gasteiger partial charge in [0.2, 0.25) is 4.73 Å². The van der Waals surface area contributed by atoms with E-state index >= 15 is 0 Å². The van der Waals surface area contributed by atoms with Gasteiger partial charge < -0.3 is 24.0 Å². The molecule has 0 radical (unpaired) electrons. The predicted molar refractivity (Wildman–Crippen MR) is 305 cm³/mol. The molecular formula is C56H56BrCl3F5N15O3. The fourth-order valence-corrected chi connectivity index (χ4v) is 12.4. The molecule has 12 rings (SSSR count). The standard InChI is InChI=1S/C23H25ClF2N6O.C23H24ClFN6O.C10H7BrClF2N3O/c1-14-6-22(28-13-27-14)31-11-15-2-3-16(12-31)20(15)10-21-29-23(32(30-21)5-4-25)33-19-8-17(24)7-18(26)9-19;1-3-31-23(32-19-8-17(24)7-18(25)9-19)28-21(29-31)10-20-15-4-5-16(20)12-30(11-15)22-6-14(2)26-13-27-22;11-9-15-10(17(16-9)2-1-13)18-8-4-6(12)3-7(14)5-8/h6-9,13,15-16,20H,2-5,10-12H2,1H3;3,6-9,13,15-16,20H,1,4-5,10-12H2,2H3;3-5H,1-2H2. The third kappa shape index (κ3) is 15.0. The van der Waals surface area contributed by atoms with Crippen LogP contribution in [0, 0.1) is 66.8 Å². The number of nitrogens with zero attached hydrogens (tertiary/aromatic N) is 15. The minimum absolute atomic E-state index is 0.00299. The molecule has 83 heavy (non-hydrogen) atoms. The van der Waals surface area contributed by atoms with Gasteiger partial charge in [0.05, 0.1) is 13.1 Å². The summed E-state index contributed by atoms with van der Waals surface area (Å²) in [6.07, 6.45) is 11.0. The van der Waals surface area contributed by atoms with E-state index in [0.29, 0.717) is 53.6 Å². The third-order valence-electron chi connectivity index (χ3n) is 15.0. The van der Waals surface area contributed by atoms with Gasteiger partial charge in [0.15, 0.2) is 11.6 Å². The van der Waals surface area contributed by atoms with Crippen molar-refractivity contribution >= 4 is 68.6 Å². The van der Waals surface area contributed by atoms with Gasteiger partial charge in [-0.15, -0.1) is 10.2 Å². The molecule has 27 heteroatoms. The number of rotatable bonds is 17. The lowest BCUT2D eigenvalue weighted by molar-refractivity contribution is 0.264. The van der Waals surface area contributed by atoms with Gasteiger partial charge in [-0.1, -0.05) is 41.4 Å². The Hall–Kier alpha value is -7.02. The van der Waals surface area contributed by atoms with Gasteiger partial charge in [-0.05, 0) is 127 Å². The molecule has 2 saturated heterocycles. The maximum Gasteiger partial charge on any atom is 0.324 e. The van der Waals surface area contributed by atoms with Crippen LogP contribution in [0.1, 0.15) is 48.7 Å². The highest BCUT2D eigenvalue weighted by molar-refractivity contribution is 9.10. The van der Waals surface area contributed by atoms with E-state index in [1.807, 2.05) is 19.9 Å². The first-order valence-corrected chi connectivity index (χ1v) is 28.7. The largest absolute Gasteiger partial charge is 0.424 e. The first kappa shape index (κ1) is 59.2. The smallest absolute Gasteiger partial charge is 0.324 e. The second-order valence-corrected chi connectivity index (χ2v) is 22.7. The molecule has 2 saturated carbocycles. The Morgan fingerprint density at radius 2 is 0.940 bits per heavy atom. The number of aryl methyl sites for hydroxylation is 4. The molecule has 2 aliphatic heterocycles. The van der Waals surface area contributed by atoms with Crippen LogP contribution in [0.15, 0.2) is 90.7 Å². The molecule has 18 nitrogen and oxygen atoms in total. The van der Waals surface area contributed by atoms with Gasteiger partial charge in [-0.25, -0.2) is 51.3 Å². The summed E-state index contributed by atoms with van der Waals surface area (Å²) in [7, 11) is 0. The molecule has 7 heterocycles. The van der Waals surface area contributed by atoms with Gasteiger partial charge >= 0.3 is 18.0 Å². The van der Waals surface area contributed by atoms with E-state index < -0.39 is 30.8 Å². The molecule has 0 spiro atoms. The Morgan fingerprint density at radius 1 is 0.542 bits per heavy atom. The van der Waals surface area contributed by atoms with Crippen LogP contribution < -0.4 is 24.0 Å². The van der Waals surface area contributed by atoms with Crippen LogP contribution in [-0.4, -0.2) is 104 Å². The fraction of sp³-hybridized carbons (Fsp3) is 0.393. The molecule has 3 aromatic carbocycles. The maximum absolute atomic E-state index is 13.7. The van der Waals surface area contributed by atoms with Crippen molar-refractivity contribution in [1.82, 2.24) is 64.2 Å². The summed E-state index contributed by atoms with van der Waals surface area (Å²) in [5.41, 5.74) is 1.94. The molecule has 8 aromatic rings. The molecule has 0 N–H and O–H groups in total. The third-order valence-corrected chi connectivity index (χ3v) is 16.0. The first-order valence-electron chi connectivity index (χ1n) is 26.8. The molecule has 0 amide bonds. The highest BCUT2D eigenvalue weighted by Gasteiger charge is 2.44. The van der Waals surface area contributed by atoms with E-state index in [2.05, 4.69) is 88.6 Å². The van der Waals surface area contributed by atoms with Crippen LogP contribution >= 0.6 is 50.7 Å². The van der Waals surface area contributed by atoms with Crippen molar-refractivity contribution in [2.24, 2.45) is 35.5 Å². The lowest BCUT2D eigenvalue weighted by Gasteiger charge is -2.38. The normalized spacial score (nSPS) is 19.7. The van der Waals surface area contributed by atoms with Crippen molar-refractivity contribution in [3.8, 4) is 35.3 Å². The number of hydrogen-bond donors (Lipinski definition) is 0. The van der Waals surface area contributed by atoms with Crippen molar-refractivity contribution in [3.63, 3.8) is 0 Å². The van der Waals surface area contributed by atoms with Crippen LogP contribution in [0.25, 0.3) is 6.20 Å². The summed E-state index contributed by atoms with van der Waals surface area (Å²) in [5.74, 6) is 5.52. The minimum atomic E-state index is -0.615. The van der Waals surface area contributed by atoms with Crippen LogP contribution in [0.2, 0.25) is 15.1 Å². The number of ether oxygens (including phenoxy) is 3. The van der Waals surface area contributed by atoms with Crippen molar-refractivity contribution in [2.75, 3.05) is 49.3 Å². The summed E-state index contributed by atoms with van der Waals surface area (Å²) in [5, 5.41) is 13.6. The lowest BCUT2D eigenvalue weighted by Crippen LogP contribution is -2.43. The van der Waals surface area contributed by atoms with Crippen LogP contribution in [0.5, 0.6) is 35.3 Å². The van der Waals surface area contributed by atoms with Gasteiger partial charge in [-0.3, -0.25) is 0 Å². The number of anilines is 2. The minimum Gasteiger partial charge on any atom is -0.424 e. The molecule has 4 atom stereocenters. The molecule has 4 unspecified atom stereocenters. The van der Waals surface area contributed by atoms with E-state index in [4.69, 9.17) is 49.0 Å². The van der Waals surface area contributed by atoms with E-state index in [1.54, 1.807) is 12.7 Å². The topological polar surface area (TPSA) is 178 Å². The SMILES string of the molecule is C=Cn1nc(CC2C3CCC2CN(c2cc(C)ncn2)C3)nc1Oc1cc(F)cc(Cl)c1.Cc1cc(N2CC3CCC(C2)C3Cc2nc(Oc3cc(F)cc(Cl)c3)n(CCF)n2)ncn1.FCCn1nc(Br)nc1Oc1cc(F)cc(Cl)c1. The molecule has 4 fully saturated rings. The van der Waals surface area contributed by atoms with Crippen molar-refractivity contribution < 1.29 is 36.2 Å². The molecule has 4 aliphatic rings. The van der Waals surface area contributed by atoms with Gasteiger partial charge in [0.25, 0.3) is 0 Å². The number of fused-ring (bicyclic) bond motifs is 4. The summed E-state index contributed by atoms with van der Waals surface area (Å²) >= 11 is 20.6. The Morgan fingerprint density at radius 3 is 1.35 bits per heavy atom. The Balaban J connectivity index is 0.000000145. The summed E-state index contributed by atoms with van der Waals surface area (Å²) in [6, 6.07) is 16.2. The molecule has 5 aromatic heterocycles. The molecule has 2 aliphatic carbocycles. The summed E-state index contributed by atoms with van der Waals surface area (Å²) in [4.78, 5) is 35.1. The number of benzene rings is 3. The van der Waals surface area contributed by atoms with Gasteiger partial charge in [0, 0.05) is 102 Å². The zero-order valence-corrected chi connectivity index (χ0v) is 48.8. The highest BCUT2D eigenvalue weighted by atomic mass is 79.9. The van der Waals surface area contributed by atoms with Gasteiger partial charge in [0.1, 0.15) is 72.3 Å². The van der Waals surface area contributed by atoms with E-state index in [-0.39, 0.29) is 68.2 Å².